The monoisotopic (exact) mass is 344 g/mol. The number of nitrogens with one attached hydrogen (secondary N) is 1. The number of aromatic nitrogens is 3. The van der Waals surface area contributed by atoms with Gasteiger partial charge < -0.3 is 10.1 Å². The molecule has 2 aromatic heterocycles. The molecule has 0 aliphatic carbocycles. The van der Waals surface area contributed by atoms with Crippen LogP contribution in [0.25, 0.3) is 16.7 Å². The quantitative estimate of drug-likeness (QED) is 0.737. The molecule has 0 fully saturated rings. The summed E-state index contributed by atoms with van der Waals surface area (Å²) >= 11 is 0. The van der Waals surface area contributed by atoms with Crippen molar-refractivity contribution in [1.82, 2.24) is 19.9 Å². The Morgan fingerprint density at radius 1 is 1.12 bits per heavy atom. The van der Waals surface area contributed by atoms with Gasteiger partial charge >= 0.3 is 0 Å². The number of pyridine rings is 1. The largest absolute Gasteiger partial charge is 0.490 e. The van der Waals surface area contributed by atoms with Crippen LogP contribution in [0.3, 0.4) is 0 Å². The van der Waals surface area contributed by atoms with Gasteiger partial charge in [-0.25, -0.2) is 9.97 Å². The smallest absolute Gasteiger partial charge is 0.161 e. The lowest BCUT2D eigenvalue weighted by Gasteiger charge is -2.35. The summed E-state index contributed by atoms with van der Waals surface area (Å²) < 4.78 is 8.48. The van der Waals surface area contributed by atoms with Gasteiger partial charge in [-0.3, -0.25) is 4.57 Å². The van der Waals surface area contributed by atoms with E-state index in [1.165, 1.54) is 11.1 Å². The van der Waals surface area contributed by atoms with Gasteiger partial charge in [-0.05, 0) is 36.6 Å². The molecule has 5 heterocycles. The minimum Gasteiger partial charge on any atom is -0.490 e. The van der Waals surface area contributed by atoms with Crippen LogP contribution in [0.15, 0.2) is 42.5 Å². The lowest BCUT2D eigenvalue weighted by molar-refractivity contribution is 0.205. The SMILES string of the molecule is C1=C(c2ccc3nc4n(c3n2)C2(CCC4)COc3ccccc32)CNC1. The Bertz CT molecular complexity index is 1070. The van der Waals surface area contributed by atoms with Crippen LogP contribution >= 0.6 is 0 Å². The van der Waals surface area contributed by atoms with Crippen molar-refractivity contribution in [2.75, 3.05) is 19.7 Å². The molecule has 0 saturated carbocycles. The molecule has 0 saturated heterocycles. The van der Waals surface area contributed by atoms with E-state index in [2.05, 4.69) is 46.3 Å². The van der Waals surface area contributed by atoms with Crippen LogP contribution in [0, 0.1) is 0 Å². The molecule has 1 aromatic carbocycles. The number of ether oxygens (including phenoxy) is 1. The van der Waals surface area contributed by atoms with Crippen LogP contribution in [-0.4, -0.2) is 34.2 Å². The predicted octanol–water partition coefficient (Wildman–Crippen LogP) is 2.89. The molecule has 0 radical (unpaired) electrons. The topological polar surface area (TPSA) is 52.0 Å². The fourth-order valence-corrected chi connectivity index (χ4v) is 4.76. The number of imidazole rings is 1. The van der Waals surface area contributed by atoms with Crippen molar-refractivity contribution >= 4 is 16.7 Å². The average molecular weight is 344 g/mol. The van der Waals surface area contributed by atoms with Crippen LogP contribution in [-0.2, 0) is 12.0 Å². The maximum atomic E-state index is 6.10. The number of benzene rings is 1. The van der Waals surface area contributed by atoms with E-state index in [4.69, 9.17) is 14.7 Å². The van der Waals surface area contributed by atoms with E-state index in [0.29, 0.717) is 6.61 Å². The highest BCUT2D eigenvalue weighted by Gasteiger charge is 2.46. The summed E-state index contributed by atoms with van der Waals surface area (Å²) in [5, 5.41) is 3.36. The molecule has 1 atom stereocenters. The number of nitrogens with zero attached hydrogens (tertiary/aromatic N) is 3. The minimum absolute atomic E-state index is 0.174. The molecular formula is C21H20N4O. The Kier molecular flexibility index (Phi) is 2.89. The van der Waals surface area contributed by atoms with E-state index >= 15 is 0 Å². The molecule has 1 N–H and O–H groups in total. The van der Waals surface area contributed by atoms with Crippen molar-refractivity contribution in [1.29, 1.82) is 0 Å². The highest BCUT2D eigenvalue weighted by atomic mass is 16.5. The molecule has 0 bridgehead atoms. The second kappa shape index (κ2) is 5.17. The van der Waals surface area contributed by atoms with Crippen molar-refractivity contribution in [3.63, 3.8) is 0 Å². The van der Waals surface area contributed by atoms with Gasteiger partial charge in [0, 0.05) is 25.1 Å². The number of hydrogen-bond donors (Lipinski definition) is 1. The van der Waals surface area contributed by atoms with E-state index in [9.17, 15) is 0 Å². The first-order valence-electron chi connectivity index (χ1n) is 9.36. The number of rotatable bonds is 1. The van der Waals surface area contributed by atoms with Gasteiger partial charge in [0.25, 0.3) is 0 Å². The van der Waals surface area contributed by atoms with Crippen molar-refractivity contribution < 1.29 is 4.74 Å². The molecule has 6 rings (SSSR count). The molecule has 3 aliphatic rings. The highest BCUT2D eigenvalue weighted by Crippen LogP contribution is 2.47. The van der Waals surface area contributed by atoms with Gasteiger partial charge in [-0.2, -0.15) is 0 Å². The van der Waals surface area contributed by atoms with Crippen LogP contribution in [0.5, 0.6) is 5.75 Å². The number of para-hydroxylation sites is 1. The number of hydrogen-bond acceptors (Lipinski definition) is 4. The van der Waals surface area contributed by atoms with Gasteiger partial charge in [-0.1, -0.05) is 24.3 Å². The van der Waals surface area contributed by atoms with Crippen LogP contribution in [0.1, 0.15) is 29.9 Å². The Morgan fingerprint density at radius 3 is 3.00 bits per heavy atom. The molecule has 3 aromatic rings. The Balaban J connectivity index is 1.61. The summed E-state index contributed by atoms with van der Waals surface area (Å²) in [6.07, 6.45) is 5.42. The summed E-state index contributed by atoms with van der Waals surface area (Å²) in [5.41, 5.74) is 5.40. The van der Waals surface area contributed by atoms with Crippen molar-refractivity contribution in [3.05, 3.63) is 59.6 Å². The summed E-state index contributed by atoms with van der Waals surface area (Å²) in [6, 6.07) is 12.7. The standard InChI is InChI=1S/C21H20N4O/c1-2-5-18-15(4-1)21(13-26-18)10-3-6-19-23-17-8-7-16(14-9-11-22-12-14)24-20(17)25(19)21/h1-2,4-5,7-9,22H,3,6,10-13H2. The zero-order valence-corrected chi connectivity index (χ0v) is 14.5. The average Bonchev–Trinajstić information content (AvgIpc) is 3.40. The minimum atomic E-state index is -0.174. The van der Waals surface area contributed by atoms with E-state index in [0.717, 1.165) is 60.8 Å². The first-order chi connectivity index (χ1) is 12.9. The normalized spacial score (nSPS) is 23.8. The Hall–Kier alpha value is -2.66. The van der Waals surface area contributed by atoms with Gasteiger partial charge in [0.1, 0.15) is 29.2 Å². The lowest BCUT2D eigenvalue weighted by atomic mass is 9.83. The van der Waals surface area contributed by atoms with Gasteiger partial charge in [0.05, 0.1) is 5.69 Å². The third-order valence-corrected chi connectivity index (χ3v) is 5.98. The van der Waals surface area contributed by atoms with E-state index in [1.807, 2.05) is 6.07 Å². The molecule has 1 unspecified atom stereocenters. The second-order valence-electron chi connectivity index (χ2n) is 7.43. The summed E-state index contributed by atoms with van der Waals surface area (Å²) in [7, 11) is 0. The Labute approximate surface area is 151 Å². The molecular weight excluding hydrogens is 324 g/mol. The Morgan fingerprint density at radius 2 is 2.08 bits per heavy atom. The van der Waals surface area contributed by atoms with E-state index < -0.39 is 0 Å². The summed E-state index contributed by atoms with van der Waals surface area (Å²) in [6.45, 7) is 2.47. The first kappa shape index (κ1) is 14.5. The predicted molar refractivity (Wildman–Crippen MR) is 100 cm³/mol. The molecule has 1 spiro atoms. The molecule has 5 nitrogen and oxygen atoms in total. The van der Waals surface area contributed by atoms with Gasteiger partial charge in [-0.15, -0.1) is 0 Å². The molecule has 130 valence electrons. The third-order valence-electron chi connectivity index (χ3n) is 5.98. The van der Waals surface area contributed by atoms with Gasteiger partial charge in [0.2, 0.25) is 0 Å². The maximum absolute atomic E-state index is 6.10. The zero-order valence-electron chi connectivity index (χ0n) is 14.5. The van der Waals surface area contributed by atoms with Gasteiger partial charge in [0.15, 0.2) is 5.65 Å². The van der Waals surface area contributed by atoms with E-state index in [1.54, 1.807) is 0 Å². The maximum Gasteiger partial charge on any atom is 0.161 e. The zero-order chi connectivity index (χ0) is 17.1. The van der Waals surface area contributed by atoms with Crippen LogP contribution in [0.2, 0.25) is 0 Å². The molecule has 26 heavy (non-hydrogen) atoms. The number of aryl methyl sites for hydroxylation is 1. The number of fused-ring (bicyclic) bond motifs is 6. The van der Waals surface area contributed by atoms with Crippen LogP contribution < -0.4 is 10.1 Å². The van der Waals surface area contributed by atoms with E-state index in [-0.39, 0.29) is 5.54 Å². The summed E-state index contributed by atoms with van der Waals surface area (Å²) in [5.74, 6) is 2.13. The molecule has 5 heteroatoms. The summed E-state index contributed by atoms with van der Waals surface area (Å²) in [4.78, 5) is 9.98. The third kappa shape index (κ3) is 1.84. The van der Waals surface area contributed by atoms with Crippen LogP contribution in [0.4, 0.5) is 0 Å². The fraction of sp³-hybridized carbons (Fsp3) is 0.333. The first-order valence-corrected chi connectivity index (χ1v) is 9.36. The molecule has 3 aliphatic heterocycles. The molecule has 0 amide bonds. The van der Waals surface area contributed by atoms with Crippen molar-refractivity contribution in [2.24, 2.45) is 0 Å². The highest BCUT2D eigenvalue weighted by molar-refractivity contribution is 5.77. The second-order valence-corrected chi connectivity index (χ2v) is 7.43. The van der Waals surface area contributed by atoms with Crippen molar-refractivity contribution in [3.8, 4) is 5.75 Å². The van der Waals surface area contributed by atoms with Crippen molar-refractivity contribution in [2.45, 2.75) is 24.8 Å². The lowest BCUT2D eigenvalue weighted by Crippen LogP contribution is -2.40. The fourth-order valence-electron chi connectivity index (χ4n) is 4.76.